The molecule has 128 valence electrons. The van der Waals surface area contributed by atoms with E-state index in [0.29, 0.717) is 15.4 Å². The zero-order valence-corrected chi connectivity index (χ0v) is 14.8. The molecule has 2 rings (SSSR count). The molecule has 0 aliphatic carbocycles. The lowest BCUT2D eigenvalue weighted by Crippen LogP contribution is -2.28. The average Bonchev–Trinajstić information content (AvgIpc) is 2.54. The second-order valence-electron chi connectivity index (χ2n) is 5.02. The Balaban J connectivity index is 2.04. The van der Waals surface area contributed by atoms with Crippen LogP contribution in [0.25, 0.3) is 0 Å². The van der Waals surface area contributed by atoms with E-state index in [-0.39, 0.29) is 16.6 Å². The van der Waals surface area contributed by atoms with E-state index < -0.39 is 10.0 Å². The van der Waals surface area contributed by atoms with Crippen LogP contribution >= 0.6 is 11.8 Å². The first kappa shape index (κ1) is 18.2. The number of hydrogen-bond donors (Lipinski definition) is 1. The molecule has 0 spiro atoms. The Bertz CT molecular complexity index is 838. The van der Waals surface area contributed by atoms with Gasteiger partial charge in [-0.3, -0.25) is 4.79 Å². The quantitative estimate of drug-likeness (QED) is 0.472. The molecule has 0 radical (unpaired) electrons. The van der Waals surface area contributed by atoms with Crippen LogP contribution in [0.3, 0.4) is 0 Å². The summed E-state index contributed by atoms with van der Waals surface area (Å²) < 4.78 is 26.0. The van der Waals surface area contributed by atoms with Gasteiger partial charge in [0.05, 0.1) is 10.6 Å². The Morgan fingerprint density at radius 3 is 2.67 bits per heavy atom. The highest BCUT2D eigenvalue weighted by molar-refractivity contribution is 7.99. The number of benzene rings is 1. The van der Waals surface area contributed by atoms with Gasteiger partial charge in [0.25, 0.3) is 5.03 Å². The van der Waals surface area contributed by atoms with Crippen molar-refractivity contribution >= 4 is 33.4 Å². The SMILES string of the molecule is CN(C)S(=O)(=O)c1cccc(NC(=O)CSc2cccc[n+]2[O-])c1. The maximum Gasteiger partial charge on any atom is 0.251 e. The van der Waals surface area contributed by atoms with E-state index in [2.05, 4.69) is 5.32 Å². The number of aromatic nitrogens is 1. The van der Waals surface area contributed by atoms with Gasteiger partial charge in [0.1, 0.15) is 0 Å². The normalized spacial score (nSPS) is 11.5. The fourth-order valence-electron chi connectivity index (χ4n) is 1.81. The number of nitrogens with one attached hydrogen (secondary N) is 1. The molecule has 0 saturated carbocycles. The molecule has 1 aromatic heterocycles. The van der Waals surface area contributed by atoms with Gasteiger partial charge in [0, 0.05) is 31.9 Å². The van der Waals surface area contributed by atoms with Crippen LogP contribution in [0.2, 0.25) is 0 Å². The largest absolute Gasteiger partial charge is 0.618 e. The first-order chi connectivity index (χ1) is 11.3. The van der Waals surface area contributed by atoms with Crippen LogP contribution in [-0.2, 0) is 14.8 Å². The summed E-state index contributed by atoms with van der Waals surface area (Å²) in [5, 5.41) is 14.5. The fraction of sp³-hybridized carbons (Fsp3) is 0.200. The first-order valence-electron chi connectivity index (χ1n) is 6.94. The minimum absolute atomic E-state index is 0.0386. The van der Waals surface area contributed by atoms with Crippen molar-refractivity contribution in [3.63, 3.8) is 0 Å². The van der Waals surface area contributed by atoms with Gasteiger partial charge >= 0.3 is 0 Å². The lowest BCUT2D eigenvalue weighted by atomic mass is 10.3. The summed E-state index contributed by atoms with van der Waals surface area (Å²) in [5.74, 6) is -0.292. The third-order valence-electron chi connectivity index (χ3n) is 3.04. The molecule has 1 N–H and O–H groups in total. The van der Waals surface area contributed by atoms with E-state index in [0.717, 1.165) is 16.1 Å². The second kappa shape index (κ2) is 7.65. The Hall–Kier alpha value is -2.10. The van der Waals surface area contributed by atoms with E-state index in [9.17, 15) is 18.4 Å². The van der Waals surface area contributed by atoms with Gasteiger partial charge in [0.2, 0.25) is 15.9 Å². The van der Waals surface area contributed by atoms with Crippen molar-refractivity contribution in [2.75, 3.05) is 25.2 Å². The third-order valence-corrected chi connectivity index (χ3v) is 5.87. The Morgan fingerprint density at radius 2 is 2.00 bits per heavy atom. The van der Waals surface area contributed by atoms with Crippen molar-refractivity contribution < 1.29 is 17.9 Å². The number of carbonyl (C=O) groups is 1. The van der Waals surface area contributed by atoms with Gasteiger partial charge in [-0.2, -0.15) is 4.73 Å². The molecule has 0 aliphatic heterocycles. The van der Waals surface area contributed by atoms with E-state index >= 15 is 0 Å². The van der Waals surface area contributed by atoms with Crippen molar-refractivity contribution in [3.8, 4) is 0 Å². The zero-order chi connectivity index (χ0) is 17.7. The van der Waals surface area contributed by atoms with E-state index in [1.165, 1.54) is 32.4 Å². The van der Waals surface area contributed by atoms with Crippen molar-refractivity contribution in [1.82, 2.24) is 4.31 Å². The van der Waals surface area contributed by atoms with Crippen LogP contribution in [0, 0.1) is 5.21 Å². The van der Waals surface area contributed by atoms with Crippen molar-refractivity contribution in [3.05, 3.63) is 53.9 Å². The molecule has 0 fully saturated rings. The molecule has 24 heavy (non-hydrogen) atoms. The smallest absolute Gasteiger partial charge is 0.251 e. The van der Waals surface area contributed by atoms with Crippen LogP contribution in [0.5, 0.6) is 0 Å². The summed E-state index contributed by atoms with van der Waals surface area (Å²) in [6, 6.07) is 11.0. The summed E-state index contributed by atoms with van der Waals surface area (Å²) in [6.45, 7) is 0. The number of nitrogens with zero attached hydrogens (tertiary/aromatic N) is 2. The topological polar surface area (TPSA) is 93.4 Å². The first-order valence-corrected chi connectivity index (χ1v) is 9.37. The number of carbonyl (C=O) groups excluding carboxylic acids is 1. The predicted molar refractivity (Wildman–Crippen MR) is 92.1 cm³/mol. The van der Waals surface area contributed by atoms with Gasteiger partial charge in [-0.15, -0.1) is 0 Å². The van der Waals surface area contributed by atoms with Gasteiger partial charge in [-0.25, -0.2) is 12.7 Å². The molecule has 1 heterocycles. The molecule has 0 aliphatic rings. The third kappa shape index (κ3) is 4.47. The predicted octanol–water partition coefficient (Wildman–Crippen LogP) is 1.30. The fourth-order valence-corrected chi connectivity index (χ4v) is 3.47. The molecule has 1 amide bonds. The van der Waals surface area contributed by atoms with Crippen molar-refractivity contribution in [2.45, 2.75) is 9.92 Å². The highest BCUT2D eigenvalue weighted by Gasteiger charge is 2.17. The summed E-state index contributed by atoms with van der Waals surface area (Å²) in [5.41, 5.74) is 0.381. The van der Waals surface area contributed by atoms with Crippen LogP contribution in [-0.4, -0.2) is 38.5 Å². The summed E-state index contributed by atoms with van der Waals surface area (Å²) >= 11 is 1.10. The Labute approximate surface area is 144 Å². The summed E-state index contributed by atoms with van der Waals surface area (Å²) in [4.78, 5) is 12.1. The molecule has 0 saturated heterocycles. The van der Waals surface area contributed by atoms with Gasteiger partial charge < -0.3 is 10.5 Å². The van der Waals surface area contributed by atoms with Crippen LogP contribution in [0.15, 0.2) is 58.6 Å². The maximum atomic E-state index is 12.1. The molecule has 1 aromatic carbocycles. The van der Waals surface area contributed by atoms with Gasteiger partial charge in [-0.05, 0) is 36.0 Å². The number of rotatable bonds is 6. The Kier molecular flexibility index (Phi) is 5.81. The molecule has 2 aromatic rings. The minimum atomic E-state index is -3.56. The molecule has 0 unspecified atom stereocenters. The lowest BCUT2D eigenvalue weighted by Gasteiger charge is -2.12. The number of pyridine rings is 1. The summed E-state index contributed by atoms with van der Waals surface area (Å²) in [6.07, 6.45) is 1.36. The molecule has 0 atom stereocenters. The average molecular weight is 367 g/mol. The maximum absolute atomic E-state index is 12.1. The number of hydrogen-bond acceptors (Lipinski definition) is 5. The number of sulfonamides is 1. The van der Waals surface area contributed by atoms with Gasteiger partial charge in [-0.1, -0.05) is 6.07 Å². The lowest BCUT2D eigenvalue weighted by molar-refractivity contribution is -0.645. The summed E-state index contributed by atoms with van der Waals surface area (Å²) in [7, 11) is -0.684. The van der Waals surface area contributed by atoms with E-state index in [1.54, 1.807) is 30.3 Å². The highest BCUT2D eigenvalue weighted by atomic mass is 32.2. The number of anilines is 1. The van der Waals surface area contributed by atoms with Crippen LogP contribution in [0.4, 0.5) is 5.69 Å². The van der Waals surface area contributed by atoms with E-state index in [4.69, 9.17) is 0 Å². The molecule has 7 nitrogen and oxygen atoms in total. The zero-order valence-electron chi connectivity index (χ0n) is 13.2. The van der Waals surface area contributed by atoms with Crippen molar-refractivity contribution in [1.29, 1.82) is 0 Å². The molecular formula is C15H17N3O4S2. The van der Waals surface area contributed by atoms with Crippen LogP contribution < -0.4 is 10.0 Å². The Morgan fingerprint density at radius 1 is 1.25 bits per heavy atom. The highest BCUT2D eigenvalue weighted by Crippen LogP contribution is 2.19. The molecular weight excluding hydrogens is 350 g/mol. The second-order valence-corrected chi connectivity index (χ2v) is 8.16. The monoisotopic (exact) mass is 367 g/mol. The number of amides is 1. The van der Waals surface area contributed by atoms with E-state index in [1.807, 2.05) is 0 Å². The van der Waals surface area contributed by atoms with Crippen LogP contribution in [0.1, 0.15) is 0 Å². The minimum Gasteiger partial charge on any atom is -0.618 e. The number of thioether (sulfide) groups is 1. The molecule has 0 bridgehead atoms. The van der Waals surface area contributed by atoms with Gasteiger partial charge in [0.15, 0.2) is 6.20 Å². The van der Waals surface area contributed by atoms with Crippen molar-refractivity contribution in [2.24, 2.45) is 0 Å². The standard InChI is InChI=1S/C15H17N3O4S2/c1-17(2)24(21,22)13-7-5-6-12(10-13)16-14(19)11-23-15-8-3-4-9-18(15)20/h3-10H,11H2,1-2H3,(H,16,19). The molecule has 9 heteroatoms.